The smallest absolute Gasteiger partial charge is 0.159 e. The number of nitrogens with zero attached hydrogens (tertiary/aromatic N) is 5. The number of benzene rings is 8. The molecular formula is C52H34N6. The summed E-state index contributed by atoms with van der Waals surface area (Å²) in [6.45, 7) is 0. The van der Waals surface area contributed by atoms with E-state index in [4.69, 9.17) is 15.0 Å². The van der Waals surface area contributed by atoms with Gasteiger partial charge in [-0.2, -0.15) is 0 Å². The van der Waals surface area contributed by atoms with Gasteiger partial charge >= 0.3 is 0 Å². The number of hydrogen-bond acceptors (Lipinski definition) is 4. The molecule has 0 radical (unpaired) electrons. The van der Waals surface area contributed by atoms with Crippen molar-refractivity contribution >= 4 is 66.1 Å². The van der Waals surface area contributed by atoms with Gasteiger partial charge in [-0.3, -0.25) is 4.57 Å². The van der Waals surface area contributed by atoms with E-state index < -0.39 is 0 Å². The van der Waals surface area contributed by atoms with Crippen LogP contribution < -0.4 is 5.32 Å². The van der Waals surface area contributed by atoms with Crippen molar-refractivity contribution in [1.82, 2.24) is 19.4 Å². The van der Waals surface area contributed by atoms with Crippen molar-refractivity contribution in [3.8, 4) is 22.6 Å². The highest BCUT2D eigenvalue weighted by molar-refractivity contribution is 6.33. The largest absolute Gasteiger partial charge is 0.344 e. The van der Waals surface area contributed by atoms with Crippen LogP contribution in [0.2, 0.25) is 0 Å². The fourth-order valence-electron chi connectivity index (χ4n) is 9.01. The highest BCUT2D eigenvalue weighted by Gasteiger charge is 2.24. The van der Waals surface area contributed by atoms with Crippen molar-refractivity contribution in [1.29, 1.82) is 0 Å². The summed E-state index contributed by atoms with van der Waals surface area (Å²) < 4.78 is 4.76. The summed E-state index contributed by atoms with van der Waals surface area (Å²) in [7, 11) is 0. The lowest BCUT2D eigenvalue weighted by molar-refractivity contribution is 0.674. The van der Waals surface area contributed by atoms with Gasteiger partial charge in [-0.05, 0) is 76.0 Å². The summed E-state index contributed by atoms with van der Waals surface area (Å²) in [6, 6.07) is 66.6. The van der Waals surface area contributed by atoms with Crippen LogP contribution in [0.5, 0.6) is 0 Å². The SMILES string of the molecule is c1ccc(C2=NC(c3cccc(-c4cccc(-n5c6cccc7ccc8c9c%10ccccc%10n(-c%10ccccn%10)c9cc5c8c76)c4)c3)NC(c3ccccc3)=N2)cc1. The van der Waals surface area contributed by atoms with Crippen LogP contribution in [0.15, 0.2) is 204 Å². The minimum absolute atomic E-state index is 0.317. The van der Waals surface area contributed by atoms with Crippen molar-refractivity contribution in [2.45, 2.75) is 6.17 Å². The van der Waals surface area contributed by atoms with E-state index in [9.17, 15) is 0 Å². The molecule has 0 fully saturated rings. The molecule has 1 unspecified atom stereocenters. The third-order valence-corrected chi connectivity index (χ3v) is 11.6. The molecule has 0 saturated carbocycles. The predicted molar refractivity (Wildman–Crippen MR) is 239 cm³/mol. The lowest BCUT2D eigenvalue weighted by atomic mass is 9.98. The van der Waals surface area contributed by atoms with Gasteiger partial charge < -0.3 is 9.88 Å². The Balaban J connectivity index is 1.02. The Morgan fingerprint density at radius 2 is 1.16 bits per heavy atom. The minimum Gasteiger partial charge on any atom is -0.344 e. The summed E-state index contributed by atoms with van der Waals surface area (Å²) in [4.78, 5) is 15.0. The van der Waals surface area contributed by atoms with Gasteiger partial charge in [0.1, 0.15) is 17.8 Å². The van der Waals surface area contributed by atoms with E-state index in [1.54, 1.807) is 0 Å². The molecule has 3 aromatic heterocycles. The standard InChI is InChI=1S/C52H34N6/c1-3-14-34(15-4-1)50-54-51(35-16-5-2-6-17-35)56-52(55-50)38-21-11-19-36(30-38)37-20-12-22-39(31-37)57-43-25-13-18-33-27-28-41-48-40-23-7-8-24-42(40)58(46-26-9-10-29-53-46)44(48)32-45(57)49(41)47(33)43/h1-32,52H,(H,54,55,56). The normalized spacial score (nSPS) is 14.4. The second kappa shape index (κ2) is 12.9. The molecule has 0 spiro atoms. The maximum absolute atomic E-state index is 5.15. The van der Waals surface area contributed by atoms with E-state index in [-0.39, 0.29) is 6.17 Å². The third-order valence-electron chi connectivity index (χ3n) is 11.6. The van der Waals surface area contributed by atoms with Gasteiger partial charge in [0.15, 0.2) is 5.84 Å². The average Bonchev–Trinajstić information content (AvgIpc) is 3.82. The fourth-order valence-corrected chi connectivity index (χ4v) is 9.01. The number of aromatic nitrogens is 3. The zero-order chi connectivity index (χ0) is 38.2. The van der Waals surface area contributed by atoms with E-state index in [1.807, 2.05) is 48.7 Å². The third kappa shape index (κ3) is 5.02. The molecule has 1 N–H and O–H groups in total. The first-order chi connectivity index (χ1) is 28.8. The molecule has 12 rings (SSSR count). The van der Waals surface area contributed by atoms with Gasteiger partial charge in [0.2, 0.25) is 0 Å². The van der Waals surface area contributed by atoms with E-state index in [0.717, 1.165) is 56.2 Å². The summed E-state index contributed by atoms with van der Waals surface area (Å²) in [5.41, 5.74) is 11.1. The Morgan fingerprint density at radius 1 is 0.448 bits per heavy atom. The highest BCUT2D eigenvalue weighted by atomic mass is 15.2. The first kappa shape index (κ1) is 32.4. The van der Waals surface area contributed by atoms with Crippen LogP contribution in [0.4, 0.5) is 0 Å². The van der Waals surface area contributed by atoms with Gasteiger partial charge in [-0.1, -0.05) is 140 Å². The molecule has 272 valence electrons. The summed E-state index contributed by atoms with van der Waals surface area (Å²) in [6.07, 6.45) is 1.55. The van der Waals surface area contributed by atoms with Gasteiger partial charge in [0.05, 0.1) is 22.1 Å². The summed E-state index contributed by atoms with van der Waals surface area (Å²) >= 11 is 0. The molecule has 6 heteroatoms. The van der Waals surface area contributed by atoms with Gasteiger partial charge in [-0.15, -0.1) is 0 Å². The number of hydrogen-bond donors (Lipinski definition) is 1. The van der Waals surface area contributed by atoms with Crippen molar-refractivity contribution in [3.05, 3.63) is 211 Å². The highest BCUT2D eigenvalue weighted by Crippen LogP contribution is 2.45. The van der Waals surface area contributed by atoms with E-state index >= 15 is 0 Å². The number of pyridine rings is 1. The maximum Gasteiger partial charge on any atom is 0.159 e. The maximum atomic E-state index is 5.15. The molecule has 1 aliphatic rings. The monoisotopic (exact) mass is 742 g/mol. The molecule has 1 aliphatic heterocycles. The average molecular weight is 743 g/mol. The van der Waals surface area contributed by atoms with Crippen molar-refractivity contribution in [3.63, 3.8) is 0 Å². The Bertz CT molecular complexity index is 3410. The lowest BCUT2D eigenvalue weighted by Crippen LogP contribution is -2.33. The lowest BCUT2D eigenvalue weighted by Gasteiger charge is -2.24. The van der Waals surface area contributed by atoms with E-state index in [0.29, 0.717) is 5.84 Å². The van der Waals surface area contributed by atoms with Crippen LogP contribution >= 0.6 is 0 Å². The van der Waals surface area contributed by atoms with Gasteiger partial charge in [-0.25, -0.2) is 15.0 Å². The molecule has 4 heterocycles. The van der Waals surface area contributed by atoms with Gasteiger partial charge in [0.25, 0.3) is 0 Å². The molecule has 0 bridgehead atoms. The Kier molecular flexibility index (Phi) is 7.19. The number of nitrogens with one attached hydrogen (secondary N) is 1. The summed E-state index contributed by atoms with van der Waals surface area (Å²) in [5, 5.41) is 11.2. The number of fused-ring (bicyclic) bond motifs is 4. The van der Waals surface area contributed by atoms with Crippen molar-refractivity contribution in [2.75, 3.05) is 0 Å². The first-order valence-corrected chi connectivity index (χ1v) is 19.6. The first-order valence-electron chi connectivity index (χ1n) is 19.6. The van der Waals surface area contributed by atoms with Crippen molar-refractivity contribution < 1.29 is 0 Å². The minimum atomic E-state index is -0.317. The molecule has 0 saturated heterocycles. The van der Waals surface area contributed by atoms with Gasteiger partial charge in [0, 0.05) is 44.6 Å². The van der Waals surface area contributed by atoms with E-state index in [2.05, 4.69) is 160 Å². The number of aliphatic imine (C=N–C) groups is 2. The molecule has 11 aromatic rings. The van der Waals surface area contributed by atoms with Crippen LogP contribution in [0.3, 0.4) is 0 Å². The Hall–Kier alpha value is -7.83. The second-order valence-electron chi connectivity index (χ2n) is 14.9. The van der Waals surface area contributed by atoms with Crippen LogP contribution in [-0.4, -0.2) is 25.8 Å². The second-order valence-corrected chi connectivity index (χ2v) is 14.9. The summed E-state index contributed by atoms with van der Waals surface area (Å²) in [5.74, 6) is 2.42. The molecular weight excluding hydrogens is 709 g/mol. The zero-order valence-corrected chi connectivity index (χ0v) is 31.3. The Morgan fingerprint density at radius 3 is 2.00 bits per heavy atom. The van der Waals surface area contributed by atoms with Crippen LogP contribution in [0, 0.1) is 0 Å². The van der Waals surface area contributed by atoms with E-state index in [1.165, 1.54) is 43.4 Å². The van der Waals surface area contributed by atoms with Crippen LogP contribution in [-0.2, 0) is 0 Å². The molecule has 0 amide bonds. The zero-order valence-electron chi connectivity index (χ0n) is 31.3. The molecule has 8 aromatic carbocycles. The number of amidine groups is 2. The quantitative estimate of drug-likeness (QED) is 0.172. The van der Waals surface area contributed by atoms with Crippen molar-refractivity contribution in [2.24, 2.45) is 9.98 Å². The van der Waals surface area contributed by atoms with Crippen LogP contribution in [0.25, 0.3) is 77.0 Å². The topological polar surface area (TPSA) is 59.5 Å². The molecule has 0 aliphatic carbocycles. The molecule has 58 heavy (non-hydrogen) atoms. The Labute approximate surface area is 334 Å². The number of para-hydroxylation sites is 1. The predicted octanol–water partition coefficient (Wildman–Crippen LogP) is 12.0. The molecule has 6 nitrogen and oxygen atoms in total. The van der Waals surface area contributed by atoms with Crippen LogP contribution in [0.1, 0.15) is 22.9 Å². The number of rotatable bonds is 6. The molecule has 1 atom stereocenters. The fraction of sp³-hybridized carbons (Fsp3) is 0.0192.